The van der Waals surface area contributed by atoms with Gasteiger partial charge >= 0.3 is 6.18 Å². The Bertz CT molecular complexity index is 1220. The number of hydrogen-bond acceptors (Lipinski definition) is 3. The predicted octanol–water partition coefficient (Wildman–Crippen LogP) is 5.60. The van der Waals surface area contributed by atoms with Gasteiger partial charge in [0.2, 0.25) is 5.78 Å². The van der Waals surface area contributed by atoms with Gasteiger partial charge in [-0.3, -0.25) is 8.97 Å². The normalized spacial score (nSPS) is 13.3. The van der Waals surface area contributed by atoms with Crippen LogP contribution in [0.2, 0.25) is 5.15 Å². The van der Waals surface area contributed by atoms with Crippen LogP contribution in [0.3, 0.4) is 0 Å². The Hall–Kier alpha value is -2.71. The molecule has 0 saturated heterocycles. The van der Waals surface area contributed by atoms with Gasteiger partial charge in [-0.1, -0.05) is 29.3 Å². The summed E-state index contributed by atoms with van der Waals surface area (Å²) < 4.78 is 50.2. The minimum Gasteiger partial charge on any atom is -0.469 e. The lowest BCUT2D eigenvalue weighted by Crippen LogP contribution is -2.18. The highest BCUT2D eigenvalue weighted by Crippen LogP contribution is 2.37. The van der Waals surface area contributed by atoms with Crippen molar-refractivity contribution >= 4 is 17.4 Å². The second-order valence-corrected chi connectivity index (χ2v) is 8.15. The third-order valence-corrected chi connectivity index (χ3v) is 5.70. The maximum atomic E-state index is 13.9. The van der Waals surface area contributed by atoms with E-state index in [1.165, 1.54) is 16.9 Å². The standard InChI is InChI=1S/C22H22ClF3N4O/c1-12-7-13(2)19(14(3)8-12)30-18(23)11-29-16(20(22(24,25)26)28-21(29)30)9-15(10-27)17-5-4-6-31-17/h4-8,11,15H,9-10,27H2,1-3H3. The average molecular weight is 451 g/mol. The van der Waals surface area contributed by atoms with E-state index < -0.39 is 17.8 Å². The van der Waals surface area contributed by atoms with Gasteiger partial charge in [0.05, 0.1) is 17.6 Å². The third-order valence-electron chi connectivity index (χ3n) is 5.44. The van der Waals surface area contributed by atoms with Gasteiger partial charge in [-0.2, -0.15) is 13.2 Å². The van der Waals surface area contributed by atoms with Crippen LogP contribution in [0, 0.1) is 20.8 Å². The predicted molar refractivity (Wildman–Crippen MR) is 113 cm³/mol. The topological polar surface area (TPSA) is 61.4 Å². The highest BCUT2D eigenvalue weighted by atomic mass is 35.5. The van der Waals surface area contributed by atoms with Crippen molar-refractivity contribution in [3.05, 3.63) is 75.7 Å². The second kappa shape index (κ2) is 7.76. The van der Waals surface area contributed by atoms with Gasteiger partial charge in [-0.05, 0) is 44.0 Å². The van der Waals surface area contributed by atoms with Crippen LogP contribution in [0.5, 0.6) is 0 Å². The smallest absolute Gasteiger partial charge is 0.435 e. The maximum absolute atomic E-state index is 13.9. The zero-order chi connectivity index (χ0) is 22.5. The van der Waals surface area contributed by atoms with Crippen molar-refractivity contribution in [3.8, 4) is 5.69 Å². The zero-order valence-electron chi connectivity index (χ0n) is 17.3. The Morgan fingerprint density at radius 2 is 1.87 bits per heavy atom. The van der Waals surface area contributed by atoms with Crippen molar-refractivity contribution in [1.29, 1.82) is 0 Å². The van der Waals surface area contributed by atoms with E-state index in [9.17, 15) is 13.2 Å². The van der Waals surface area contributed by atoms with Gasteiger partial charge in [0.25, 0.3) is 0 Å². The summed E-state index contributed by atoms with van der Waals surface area (Å²) in [6.07, 6.45) is -1.67. The number of alkyl halides is 3. The Balaban J connectivity index is 1.95. The molecule has 4 aromatic rings. The van der Waals surface area contributed by atoms with Gasteiger partial charge in [0, 0.05) is 25.1 Å². The van der Waals surface area contributed by atoms with Gasteiger partial charge in [0.15, 0.2) is 5.69 Å². The molecule has 31 heavy (non-hydrogen) atoms. The van der Waals surface area contributed by atoms with E-state index >= 15 is 0 Å². The van der Waals surface area contributed by atoms with Crippen molar-refractivity contribution in [3.63, 3.8) is 0 Å². The Kier molecular flexibility index (Phi) is 5.39. The number of hydrogen-bond donors (Lipinski definition) is 1. The van der Waals surface area contributed by atoms with Crippen LogP contribution in [-0.2, 0) is 12.6 Å². The summed E-state index contributed by atoms with van der Waals surface area (Å²) in [6, 6.07) is 7.32. The van der Waals surface area contributed by atoms with Gasteiger partial charge < -0.3 is 10.2 Å². The quantitative estimate of drug-likeness (QED) is 0.430. The number of aromatic nitrogens is 3. The molecule has 0 amide bonds. The fourth-order valence-corrected chi connectivity index (χ4v) is 4.48. The number of aryl methyl sites for hydroxylation is 3. The number of nitrogens with zero attached hydrogens (tertiary/aromatic N) is 3. The van der Waals surface area contributed by atoms with Crippen LogP contribution < -0.4 is 5.73 Å². The Labute approximate surface area is 182 Å². The lowest BCUT2D eigenvalue weighted by molar-refractivity contribution is -0.141. The highest BCUT2D eigenvalue weighted by molar-refractivity contribution is 6.30. The molecule has 3 aromatic heterocycles. The summed E-state index contributed by atoms with van der Waals surface area (Å²) in [5.41, 5.74) is 8.48. The lowest BCUT2D eigenvalue weighted by atomic mass is 9.99. The molecule has 164 valence electrons. The molecule has 9 heteroatoms. The minimum atomic E-state index is -4.63. The molecule has 0 spiro atoms. The molecule has 2 N–H and O–H groups in total. The molecule has 0 radical (unpaired) electrons. The summed E-state index contributed by atoms with van der Waals surface area (Å²) in [4.78, 5) is 4.00. The molecule has 0 aliphatic carbocycles. The van der Waals surface area contributed by atoms with Crippen LogP contribution in [0.1, 0.15) is 39.8 Å². The Morgan fingerprint density at radius 1 is 1.19 bits per heavy atom. The first kappa shape index (κ1) is 21.5. The first-order chi connectivity index (χ1) is 14.6. The van der Waals surface area contributed by atoms with Crippen molar-refractivity contribution < 1.29 is 17.6 Å². The number of rotatable bonds is 5. The molecule has 0 bridgehead atoms. The van der Waals surface area contributed by atoms with Crippen LogP contribution in [0.25, 0.3) is 11.5 Å². The minimum absolute atomic E-state index is 0.00239. The molecule has 0 aliphatic rings. The van der Waals surface area contributed by atoms with Crippen molar-refractivity contribution in [2.24, 2.45) is 5.73 Å². The van der Waals surface area contributed by atoms with E-state index in [0.29, 0.717) is 5.76 Å². The van der Waals surface area contributed by atoms with Crippen LogP contribution in [0.15, 0.2) is 41.1 Å². The molecular weight excluding hydrogens is 429 g/mol. The summed E-state index contributed by atoms with van der Waals surface area (Å²) in [7, 11) is 0. The van der Waals surface area contributed by atoms with E-state index in [2.05, 4.69) is 4.98 Å². The fraction of sp³-hybridized carbons (Fsp3) is 0.318. The fourth-order valence-electron chi connectivity index (χ4n) is 4.22. The average Bonchev–Trinajstić information content (AvgIpc) is 3.36. The van der Waals surface area contributed by atoms with Gasteiger partial charge in [-0.15, -0.1) is 0 Å². The van der Waals surface area contributed by atoms with Crippen molar-refractivity contribution in [2.45, 2.75) is 39.3 Å². The molecular formula is C22H22ClF3N4O. The third kappa shape index (κ3) is 3.74. The molecule has 0 aliphatic heterocycles. The molecule has 1 aromatic carbocycles. The summed E-state index contributed by atoms with van der Waals surface area (Å²) in [5.74, 6) is 0.208. The van der Waals surface area contributed by atoms with Gasteiger partial charge in [-0.25, -0.2) is 4.98 Å². The second-order valence-electron chi connectivity index (χ2n) is 7.76. The van der Waals surface area contributed by atoms with Crippen molar-refractivity contribution in [2.75, 3.05) is 6.54 Å². The number of halogens is 4. The zero-order valence-corrected chi connectivity index (χ0v) is 18.1. The van der Waals surface area contributed by atoms with Gasteiger partial charge in [0.1, 0.15) is 10.9 Å². The monoisotopic (exact) mass is 450 g/mol. The molecule has 0 saturated carbocycles. The summed E-state index contributed by atoms with van der Waals surface area (Å²) in [5, 5.41) is 0.273. The first-order valence-corrected chi connectivity index (χ1v) is 10.2. The van der Waals surface area contributed by atoms with E-state index in [1.54, 1.807) is 16.7 Å². The molecule has 4 rings (SSSR count). The largest absolute Gasteiger partial charge is 0.469 e. The number of imidazole rings is 2. The molecule has 1 atom stereocenters. The Morgan fingerprint density at radius 3 is 2.42 bits per heavy atom. The molecule has 3 heterocycles. The molecule has 5 nitrogen and oxygen atoms in total. The van der Waals surface area contributed by atoms with E-state index in [0.717, 1.165) is 22.4 Å². The summed E-state index contributed by atoms with van der Waals surface area (Å²) >= 11 is 6.51. The number of nitrogens with two attached hydrogens (primary N) is 1. The first-order valence-electron chi connectivity index (χ1n) is 9.78. The SMILES string of the molecule is Cc1cc(C)c(-n2c(Cl)cn3c(CC(CN)c4ccco4)c(C(F)(F)F)nc23)c(C)c1. The number of fused-ring (bicyclic) bond motifs is 1. The maximum Gasteiger partial charge on any atom is 0.435 e. The van der Waals surface area contributed by atoms with E-state index in [4.69, 9.17) is 21.8 Å². The van der Waals surface area contributed by atoms with Crippen LogP contribution in [0.4, 0.5) is 13.2 Å². The molecule has 1 unspecified atom stereocenters. The van der Waals surface area contributed by atoms with E-state index in [1.807, 2.05) is 32.9 Å². The summed E-state index contributed by atoms with van der Waals surface area (Å²) in [6.45, 7) is 5.90. The van der Waals surface area contributed by atoms with E-state index in [-0.39, 0.29) is 29.6 Å². The van der Waals surface area contributed by atoms with Crippen molar-refractivity contribution in [1.82, 2.24) is 14.0 Å². The highest BCUT2D eigenvalue weighted by Gasteiger charge is 2.39. The van der Waals surface area contributed by atoms with Crippen LogP contribution in [-0.4, -0.2) is 20.5 Å². The number of furan rings is 1. The number of benzene rings is 1. The lowest BCUT2D eigenvalue weighted by Gasteiger charge is -2.13. The van der Waals surface area contributed by atoms with Crippen LogP contribution >= 0.6 is 11.6 Å². The molecule has 0 fully saturated rings.